The van der Waals surface area contributed by atoms with Crippen molar-refractivity contribution in [3.8, 4) is 5.75 Å². The average molecular weight is 289 g/mol. The largest absolute Gasteiger partial charge is 0.483 e. The molecular formula is C17H23NO3. The number of rotatable bonds is 4. The number of fused-ring (bicyclic) bond motifs is 1. The lowest BCUT2D eigenvalue weighted by molar-refractivity contribution is -0.123. The summed E-state index contributed by atoms with van der Waals surface area (Å²) in [6.45, 7) is 0.0586. The summed E-state index contributed by atoms with van der Waals surface area (Å²) in [6.07, 6.45) is 6.85. The summed E-state index contributed by atoms with van der Waals surface area (Å²) in [5.41, 5.74) is 2.01. The van der Waals surface area contributed by atoms with E-state index in [0.29, 0.717) is 6.04 Å². The summed E-state index contributed by atoms with van der Waals surface area (Å²) < 4.78 is 5.70. The van der Waals surface area contributed by atoms with E-state index in [1.54, 1.807) is 0 Å². The molecule has 1 fully saturated rings. The van der Waals surface area contributed by atoms with Crippen LogP contribution in [-0.2, 0) is 11.2 Å². The summed E-state index contributed by atoms with van der Waals surface area (Å²) in [6, 6.07) is 6.05. The number of aliphatic hydroxyl groups is 1. The van der Waals surface area contributed by atoms with Crippen molar-refractivity contribution >= 4 is 5.91 Å². The maximum absolute atomic E-state index is 11.9. The zero-order chi connectivity index (χ0) is 14.7. The third-order valence-electron chi connectivity index (χ3n) is 4.51. The van der Waals surface area contributed by atoms with Crippen LogP contribution in [0.1, 0.15) is 55.8 Å². The molecule has 1 unspecified atom stereocenters. The van der Waals surface area contributed by atoms with Gasteiger partial charge in [0.25, 0.3) is 5.91 Å². The number of aliphatic hydroxyl groups excluding tert-OH is 1. The lowest BCUT2D eigenvalue weighted by Crippen LogP contribution is -2.36. The van der Waals surface area contributed by atoms with Crippen LogP contribution in [-0.4, -0.2) is 23.7 Å². The van der Waals surface area contributed by atoms with E-state index in [9.17, 15) is 9.90 Å². The van der Waals surface area contributed by atoms with Gasteiger partial charge in [0.1, 0.15) is 5.75 Å². The summed E-state index contributed by atoms with van der Waals surface area (Å²) in [4.78, 5) is 11.9. The second-order valence-corrected chi connectivity index (χ2v) is 6.07. The summed E-state index contributed by atoms with van der Waals surface area (Å²) in [5, 5.41) is 13.0. The minimum absolute atomic E-state index is 0.0455. The van der Waals surface area contributed by atoms with Gasteiger partial charge in [-0.3, -0.25) is 4.79 Å². The molecule has 1 aromatic carbocycles. The lowest BCUT2D eigenvalue weighted by Gasteiger charge is -2.23. The van der Waals surface area contributed by atoms with Gasteiger partial charge in [-0.2, -0.15) is 0 Å². The van der Waals surface area contributed by atoms with E-state index in [4.69, 9.17) is 4.74 Å². The van der Waals surface area contributed by atoms with Gasteiger partial charge in [-0.1, -0.05) is 25.0 Å². The molecule has 2 N–H and O–H groups in total. The fraction of sp³-hybridized carbons (Fsp3) is 0.588. The molecule has 2 aliphatic carbocycles. The Morgan fingerprint density at radius 1 is 1.24 bits per heavy atom. The molecule has 0 radical (unpaired) electrons. The van der Waals surface area contributed by atoms with Gasteiger partial charge >= 0.3 is 0 Å². The minimum atomic E-state index is -0.399. The topological polar surface area (TPSA) is 58.6 Å². The van der Waals surface area contributed by atoms with Gasteiger partial charge in [-0.15, -0.1) is 0 Å². The van der Waals surface area contributed by atoms with E-state index >= 15 is 0 Å². The highest BCUT2D eigenvalue weighted by Crippen LogP contribution is 2.35. The molecule has 1 amide bonds. The molecule has 1 atom stereocenters. The quantitative estimate of drug-likeness (QED) is 0.895. The second-order valence-electron chi connectivity index (χ2n) is 6.07. The van der Waals surface area contributed by atoms with Crippen LogP contribution in [0.15, 0.2) is 18.2 Å². The Balaban J connectivity index is 1.60. The Hall–Kier alpha value is -1.55. The van der Waals surface area contributed by atoms with Crippen molar-refractivity contribution in [3.05, 3.63) is 29.3 Å². The van der Waals surface area contributed by atoms with Gasteiger partial charge < -0.3 is 15.2 Å². The predicted octanol–water partition coefficient (Wildman–Crippen LogP) is 2.49. The lowest BCUT2D eigenvalue weighted by atomic mass is 9.89. The van der Waals surface area contributed by atoms with Crippen LogP contribution < -0.4 is 10.1 Å². The molecule has 4 nitrogen and oxygen atoms in total. The van der Waals surface area contributed by atoms with Crippen LogP contribution in [0.4, 0.5) is 0 Å². The first-order valence-electron chi connectivity index (χ1n) is 7.96. The van der Waals surface area contributed by atoms with E-state index in [-0.39, 0.29) is 12.5 Å². The molecule has 3 rings (SSSR count). The monoisotopic (exact) mass is 289 g/mol. The molecule has 0 aliphatic heterocycles. The van der Waals surface area contributed by atoms with Gasteiger partial charge in [-0.25, -0.2) is 0 Å². The van der Waals surface area contributed by atoms with Crippen molar-refractivity contribution < 1.29 is 14.6 Å². The third-order valence-corrected chi connectivity index (χ3v) is 4.51. The fourth-order valence-corrected chi connectivity index (χ4v) is 3.41. The molecule has 114 valence electrons. The van der Waals surface area contributed by atoms with E-state index < -0.39 is 6.10 Å². The Morgan fingerprint density at radius 3 is 2.86 bits per heavy atom. The Labute approximate surface area is 125 Å². The molecular weight excluding hydrogens is 266 g/mol. The minimum Gasteiger partial charge on any atom is -0.483 e. The number of ether oxygens (including phenoxy) is 1. The van der Waals surface area contributed by atoms with Gasteiger partial charge in [-0.05, 0) is 49.3 Å². The molecule has 0 heterocycles. The first kappa shape index (κ1) is 14.4. The Bertz CT molecular complexity index is 509. The predicted molar refractivity (Wildman–Crippen MR) is 80.2 cm³/mol. The Morgan fingerprint density at radius 2 is 2.05 bits per heavy atom. The van der Waals surface area contributed by atoms with Crippen LogP contribution in [0.2, 0.25) is 0 Å². The standard InChI is InChI=1S/C17H23NO3/c19-15-9-3-8-14-13(15)7-4-10-16(14)21-11-17(20)18-12-5-1-2-6-12/h4,7,10,12,15,19H,1-3,5-6,8-9,11H2,(H,18,20). The van der Waals surface area contributed by atoms with Crippen molar-refractivity contribution in [2.75, 3.05) is 6.61 Å². The maximum atomic E-state index is 11.9. The number of carbonyl (C=O) groups is 1. The maximum Gasteiger partial charge on any atom is 0.258 e. The highest BCUT2D eigenvalue weighted by Gasteiger charge is 2.22. The number of hydrogen-bond acceptors (Lipinski definition) is 3. The van der Waals surface area contributed by atoms with Gasteiger partial charge in [0, 0.05) is 6.04 Å². The zero-order valence-electron chi connectivity index (χ0n) is 12.3. The van der Waals surface area contributed by atoms with Crippen LogP contribution in [0.3, 0.4) is 0 Å². The third kappa shape index (κ3) is 3.38. The van der Waals surface area contributed by atoms with Crippen LogP contribution in [0.5, 0.6) is 5.75 Å². The van der Waals surface area contributed by atoms with Gasteiger partial charge in [0.05, 0.1) is 6.10 Å². The molecule has 4 heteroatoms. The molecule has 21 heavy (non-hydrogen) atoms. The van der Waals surface area contributed by atoms with Crippen LogP contribution in [0, 0.1) is 0 Å². The average Bonchev–Trinajstić information content (AvgIpc) is 2.98. The second kappa shape index (κ2) is 6.48. The van der Waals surface area contributed by atoms with Gasteiger partial charge in [0.2, 0.25) is 0 Å². The molecule has 0 saturated heterocycles. The summed E-state index contributed by atoms with van der Waals surface area (Å²) >= 11 is 0. The molecule has 2 aliphatic rings. The van der Waals surface area contributed by atoms with E-state index in [1.165, 1.54) is 12.8 Å². The highest BCUT2D eigenvalue weighted by molar-refractivity contribution is 5.77. The van der Waals surface area contributed by atoms with Crippen molar-refractivity contribution in [3.63, 3.8) is 0 Å². The van der Waals surface area contributed by atoms with Crippen molar-refractivity contribution in [1.29, 1.82) is 0 Å². The number of hydrogen-bond donors (Lipinski definition) is 2. The van der Waals surface area contributed by atoms with Crippen LogP contribution in [0.25, 0.3) is 0 Å². The molecule has 1 saturated carbocycles. The summed E-state index contributed by atoms with van der Waals surface area (Å²) in [7, 11) is 0. The van der Waals surface area contributed by atoms with Crippen molar-refractivity contribution in [2.45, 2.75) is 57.1 Å². The van der Waals surface area contributed by atoms with Crippen LogP contribution >= 0.6 is 0 Å². The Kier molecular flexibility index (Phi) is 4.44. The van der Waals surface area contributed by atoms with E-state index in [2.05, 4.69) is 5.32 Å². The normalized spacial score (nSPS) is 21.9. The summed E-state index contributed by atoms with van der Waals surface area (Å²) in [5.74, 6) is 0.698. The van der Waals surface area contributed by atoms with E-state index in [0.717, 1.165) is 49.0 Å². The fourth-order valence-electron chi connectivity index (χ4n) is 3.41. The molecule has 0 spiro atoms. The first-order valence-corrected chi connectivity index (χ1v) is 7.96. The molecule has 0 bridgehead atoms. The smallest absolute Gasteiger partial charge is 0.258 e. The zero-order valence-corrected chi connectivity index (χ0v) is 12.3. The van der Waals surface area contributed by atoms with E-state index in [1.807, 2.05) is 18.2 Å². The van der Waals surface area contributed by atoms with Crippen molar-refractivity contribution in [1.82, 2.24) is 5.32 Å². The number of nitrogens with one attached hydrogen (secondary N) is 1. The molecule has 1 aromatic rings. The van der Waals surface area contributed by atoms with Crippen molar-refractivity contribution in [2.24, 2.45) is 0 Å². The SMILES string of the molecule is O=C(COc1cccc2c1CCCC2O)NC1CCCC1. The first-order chi connectivity index (χ1) is 10.2. The molecule has 0 aromatic heterocycles. The van der Waals surface area contributed by atoms with Gasteiger partial charge in [0.15, 0.2) is 6.61 Å². The number of amides is 1. The number of carbonyl (C=O) groups excluding carboxylic acids is 1. The highest BCUT2D eigenvalue weighted by atomic mass is 16.5. The number of benzene rings is 1.